The molecule has 28 heavy (non-hydrogen) atoms. The number of nitrogens with two attached hydrogens (primary N) is 1. The SMILES string of the molecule is NC(=O)CCC(=O)N[C@@H](Cc1ccccc1)C(=S)NCCCc1ccccc1. The summed E-state index contributed by atoms with van der Waals surface area (Å²) in [6.07, 6.45) is 2.59. The molecule has 0 saturated carbocycles. The number of carbonyl (C=O) groups excluding carboxylic acids is 2. The molecule has 4 N–H and O–H groups in total. The summed E-state index contributed by atoms with van der Waals surface area (Å²) in [6.45, 7) is 0.732. The first kappa shape index (κ1) is 21.6. The number of nitrogens with one attached hydrogen (secondary N) is 2. The van der Waals surface area contributed by atoms with Gasteiger partial charge in [-0.15, -0.1) is 0 Å². The molecular formula is C22H27N3O2S. The first-order chi connectivity index (χ1) is 13.5. The summed E-state index contributed by atoms with van der Waals surface area (Å²) >= 11 is 5.54. The molecule has 6 heteroatoms. The topological polar surface area (TPSA) is 84.2 Å². The van der Waals surface area contributed by atoms with E-state index in [0.29, 0.717) is 11.4 Å². The predicted molar refractivity (Wildman–Crippen MR) is 116 cm³/mol. The van der Waals surface area contributed by atoms with Crippen LogP contribution in [-0.2, 0) is 22.4 Å². The van der Waals surface area contributed by atoms with Crippen molar-refractivity contribution in [2.75, 3.05) is 6.54 Å². The fraction of sp³-hybridized carbons (Fsp3) is 0.318. The van der Waals surface area contributed by atoms with Crippen molar-refractivity contribution in [2.24, 2.45) is 5.73 Å². The van der Waals surface area contributed by atoms with Crippen LogP contribution in [0.25, 0.3) is 0 Å². The number of carbonyl (C=O) groups is 2. The van der Waals surface area contributed by atoms with Crippen molar-refractivity contribution < 1.29 is 9.59 Å². The number of thiocarbonyl (C=S) groups is 1. The monoisotopic (exact) mass is 397 g/mol. The molecule has 2 aromatic rings. The van der Waals surface area contributed by atoms with Gasteiger partial charge < -0.3 is 16.4 Å². The Morgan fingerprint density at radius 2 is 1.54 bits per heavy atom. The molecule has 1 atom stereocenters. The Balaban J connectivity index is 1.87. The van der Waals surface area contributed by atoms with Gasteiger partial charge in [-0.25, -0.2) is 0 Å². The summed E-state index contributed by atoms with van der Waals surface area (Å²) in [5, 5.41) is 6.20. The number of amides is 2. The highest BCUT2D eigenvalue weighted by Crippen LogP contribution is 2.06. The van der Waals surface area contributed by atoms with Crippen molar-refractivity contribution in [1.82, 2.24) is 10.6 Å². The molecule has 0 heterocycles. The Labute approximate surface area is 171 Å². The smallest absolute Gasteiger partial charge is 0.221 e. The normalized spacial score (nSPS) is 11.4. The lowest BCUT2D eigenvalue weighted by Gasteiger charge is -2.21. The third kappa shape index (κ3) is 8.31. The van der Waals surface area contributed by atoms with Crippen LogP contribution in [0, 0.1) is 0 Å². The fourth-order valence-corrected chi connectivity index (χ4v) is 3.08. The van der Waals surface area contributed by atoms with Gasteiger partial charge in [-0.05, 0) is 30.4 Å². The van der Waals surface area contributed by atoms with Crippen LogP contribution < -0.4 is 16.4 Å². The van der Waals surface area contributed by atoms with Crippen molar-refractivity contribution in [3.05, 3.63) is 71.8 Å². The highest BCUT2D eigenvalue weighted by atomic mass is 32.1. The van der Waals surface area contributed by atoms with Crippen LogP contribution >= 0.6 is 12.2 Å². The zero-order chi connectivity index (χ0) is 20.2. The van der Waals surface area contributed by atoms with E-state index in [2.05, 4.69) is 22.8 Å². The molecule has 0 aliphatic rings. The molecule has 0 bridgehead atoms. The lowest BCUT2D eigenvalue weighted by atomic mass is 10.1. The molecule has 2 amide bonds. The number of hydrogen-bond acceptors (Lipinski definition) is 3. The third-order valence-corrected chi connectivity index (χ3v) is 4.75. The van der Waals surface area contributed by atoms with Crippen molar-refractivity contribution in [1.29, 1.82) is 0 Å². The van der Waals surface area contributed by atoms with Crippen molar-refractivity contribution in [3.63, 3.8) is 0 Å². The minimum atomic E-state index is -0.489. The number of primary amides is 1. The Bertz CT molecular complexity index is 766. The minimum absolute atomic E-state index is 0.0289. The first-order valence-electron chi connectivity index (χ1n) is 9.48. The van der Waals surface area contributed by atoms with Gasteiger partial charge in [0.2, 0.25) is 11.8 Å². The maximum atomic E-state index is 12.2. The van der Waals surface area contributed by atoms with Crippen LogP contribution in [0.1, 0.15) is 30.4 Å². The first-order valence-corrected chi connectivity index (χ1v) is 9.88. The highest BCUT2D eigenvalue weighted by Gasteiger charge is 2.18. The van der Waals surface area contributed by atoms with E-state index in [1.165, 1.54) is 5.56 Å². The third-order valence-electron chi connectivity index (χ3n) is 4.32. The summed E-state index contributed by atoms with van der Waals surface area (Å²) in [5.74, 6) is -0.718. The highest BCUT2D eigenvalue weighted by molar-refractivity contribution is 7.80. The van der Waals surface area contributed by atoms with E-state index in [0.717, 1.165) is 24.9 Å². The molecule has 0 aliphatic carbocycles. The second kappa shape index (κ2) is 11.9. The Kier molecular flexibility index (Phi) is 9.15. The van der Waals surface area contributed by atoms with Gasteiger partial charge in [-0.2, -0.15) is 0 Å². The fourth-order valence-electron chi connectivity index (χ4n) is 2.83. The molecular weight excluding hydrogens is 370 g/mol. The Morgan fingerprint density at radius 1 is 0.929 bits per heavy atom. The van der Waals surface area contributed by atoms with Gasteiger partial charge in [-0.3, -0.25) is 9.59 Å². The number of benzene rings is 2. The summed E-state index contributed by atoms with van der Waals surface area (Å²) in [5.41, 5.74) is 7.49. The van der Waals surface area contributed by atoms with Gasteiger partial charge in [0, 0.05) is 19.4 Å². The lowest BCUT2D eigenvalue weighted by molar-refractivity contribution is -0.125. The molecule has 0 aromatic heterocycles. The largest absolute Gasteiger partial charge is 0.378 e. The predicted octanol–water partition coefficient (Wildman–Crippen LogP) is 2.53. The maximum Gasteiger partial charge on any atom is 0.221 e. The number of aryl methyl sites for hydroxylation is 1. The van der Waals surface area contributed by atoms with E-state index < -0.39 is 5.91 Å². The summed E-state index contributed by atoms with van der Waals surface area (Å²) in [6, 6.07) is 19.8. The molecule has 0 unspecified atom stereocenters. The van der Waals surface area contributed by atoms with Crippen LogP contribution in [0.2, 0.25) is 0 Å². The second-order valence-corrected chi connectivity index (χ2v) is 7.10. The van der Waals surface area contributed by atoms with Crippen molar-refractivity contribution >= 4 is 29.0 Å². The quantitative estimate of drug-likeness (QED) is 0.402. The van der Waals surface area contributed by atoms with E-state index in [-0.39, 0.29) is 24.8 Å². The van der Waals surface area contributed by atoms with Crippen LogP contribution in [0.3, 0.4) is 0 Å². The molecule has 0 fully saturated rings. The zero-order valence-electron chi connectivity index (χ0n) is 15.9. The van der Waals surface area contributed by atoms with Gasteiger partial charge in [0.05, 0.1) is 11.0 Å². The van der Waals surface area contributed by atoms with Gasteiger partial charge in [-0.1, -0.05) is 72.9 Å². The van der Waals surface area contributed by atoms with Gasteiger partial charge in [0.1, 0.15) is 0 Å². The van der Waals surface area contributed by atoms with Crippen LogP contribution in [0.4, 0.5) is 0 Å². The molecule has 0 spiro atoms. The van der Waals surface area contributed by atoms with Crippen LogP contribution in [0.5, 0.6) is 0 Å². The summed E-state index contributed by atoms with van der Waals surface area (Å²) in [7, 11) is 0. The van der Waals surface area contributed by atoms with Crippen LogP contribution in [-0.4, -0.2) is 29.4 Å². The van der Waals surface area contributed by atoms with Crippen LogP contribution in [0.15, 0.2) is 60.7 Å². The minimum Gasteiger partial charge on any atom is -0.378 e. The van der Waals surface area contributed by atoms with Gasteiger partial charge in [0.15, 0.2) is 0 Å². The molecule has 148 valence electrons. The Hall–Kier alpha value is -2.73. The van der Waals surface area contributed by atoms with Gasteiger partial charge >= 0.3 is 0 Å². The molecule has 5 nitrogen and oxygen atoms in total. The maximum absolute atomic E-state index is 12.2. The average Bonchev–Trinajstić information content (AvgIpc) is 2.70. The standard InChI is InChI=1S/C22H27N3O2S/c23-20(26)13-14-21(27)25-19(16-18-10-5-2-6-11-18)22(28)24-15-7-12-17-8-3-1-4-9-17/h1-6,8-11,19H,7,12-16H2,(H2,23,26)(H,24,28)(H,25,27)/t19-/m0/s1. The molecule has 0 radical (unpaired) electrons. The van der Waals surface area contributed by atoms with E-state index in [9.17, 15) is 9.59 Å². The van der Waals surface area contributed by atoms with Crippen molar-refractivity contribution in [3.8, 4) is 0 Å². The molecule has 0 aliphatic heterocycles. The van der Waals surface area contributed by atoms with E-state index >= 15 is 0 Å². The number of hydrogen-bond donors (Lipinski definition) is 3. The molecule has 2 rings (SSSR count). The van der Waals surface area contributed by atoms with Gasteiger partial charge in [0.25, 0.3) is 0 Å². The van der Waals surface area contributed by atoms with E-state index in [4.69, 9.17) is 18.0 Å². The second-order valence-electron chi connectivity index (χ2n) is 6.66. The zero-order valence-corrected chi connectivity index (χ0v) is 16.7. The summed E-state index contributed by atoms with van der Waals surface area (Å²) < 4.78 is 0. The molecule has 2 aromatic carbocycles. The Morgan fingerprint density at radius 3 is 2.14 bits per heavy atom. The lowest BCUT2D eigenvalue weighted by Crippen LogP contribution is -2.47. The summed E-state index contributed by atoms with van der Waals surface area (Å²) in [4.78, 5) is 23.7. The van der Waals surface area contributed by atoms with Crippen molar-refractivity contribution in [2.45, 2.75) is 38.1 Å². The van der Waals surface area contributed by atoms with E-state index in [1.54, 1.807) is 0 Å². The van der Waals surface area contributed by atoms with E-state index in [1.807, 2.05) is 48.5 Å². The average molecular weight is 398 g/mol. The number of rotatable bonds is 11. The molecule has 0 saturated heterocycles.